The molecule has 0 radical (unpaired) electrons. The number of hydrogen-bond acceptors (Lipinski definition) is 4. The number of nitrogens with zero attached hydrogens (tertiary/aromatic N) is 1. The third kappa shape index (κ3) is 3.85. The second-order valence-corrected chi connectivity index (χ2v) is 5.46. The van der Waals surface area contributed by atoms with Gasteiger partial charge in [0.05, 0.1) is 12.0 Å². The molecule has 1 aliphatic rings. The number of carbonyl (C=O) groups excluding carboxylic acids is 2. The first kappa shape index (κ1) is 15.0. The van der Waals surface area contributed by atoms with E-state index in [9.17, 15) is 9.59 Å². The highest BCUT2D eigenvalue weighted by Crippen LogP contribution is 2.28. The second kappa shape index (κ2) is 6.48. The van der Waals surface area contributed by atoms with Crippen molar-refractivity contribution in [2.75, 3.05) is 5.32 Å². The molecule has 2 amide bonds. The van der Waals surface area contributed by atoms with E-state index in [-0.39, 0.29) is 23.5 Å². The first-order valence-corrected chi connectivity index (χ1v) is 7.43. The van der Waals surface area contributed by atoms with Crippen molar-refractivity contribution < 1.29 is 14.0 Å². The number of carbonyl (C=O) groups is 2. The maximum absolute atomic E-state index is 11.9. The van der Waals surface area contributed by atoms with Crippen LogP contribution in [0.25, 0.3) is 0 Å². The Balaban J connectivity index is 1.60. The van der Waals surface area contributed by atoms with Crippen LogP contribution in [0.1, 0.15) is 35.9 Å². The lowest BCUT2D eigenvalue weighted by molar-refractivity contribution is -0.122. The van der Waals surface area contributed by atoms with E-state index in [2.05, 4.69) is 15.8 Å². The van der Waals surface area contributed by atoms with Crippen LogP contribution < -0.4 is 10.7 Å². The Morgan fingerprint density at radius 1 is 1.17 bits per heavy atom. The van der Waals surface area contributed by atoms with E-state index in [0.29, 0.717) is 11.4 Å². The molecule has 1 aromatic carbocycles. The summed E-state index contributed by atoms with van der Waals surface area (Å²) >= 11 is 0. The molecule has 0 spiro atoms. The highest BCUT2D eigenvalue weighted by Gasteiger charge is 2.29. The molecule has 1 saturated carbocycles. The Kier molecular flexibility index (Phi) is 4.23. The molecule has 6 nitrogen and oxygen atoms in total. The highest BCUT2D eigenvalue weighted by atomic mass is 16.3. The minimum Gasteiger partial charge on any atom is -0.459 e. The molecule has 2 aromatic rings. The Hall–Kier alpha value is -2.89. The van der Waals surface area contributed by atoms with Gasteiger partial charge in [-0.05, 0) is 49.6 Å². The predicted octanol–water partition coefficient (Wildman–Crippen LogP) is 2.78. The van der Waals surface area contributed by atoms with Crippen LogP contribution in [0.5, 0.6) is 0 Å². The lowest BCUT2D eigenvalue weighted by atomic mass is 10.1. The van der Waals surface area contributed by atoms with Gasteiger partial charge in [0.15, 0.2) is 5.76 Å². The normalized spacial score (nSPS) is 14.4. The molecule has 23 heavy (non-hydrogen) atoms. The summed E-state index contributed by atoms with van der Waals surface area (Å²) in [6.45, 7) is 1.82. The van der Waals surface area contributed by atoms with Crippen molar-refractivity contribution in [3.05, 3.63) is 54.0 Å². The van der Waals surface area contributed by atoms with Crippen LogP contribution in [0.2, 0.25) is 0 Å². The van der Waals surface area contributed by atoms with E-state index in [1.54, 1.807) is 24.3 Å². The van der Waals surface area contributed by atoms with E-state index in [1.807, 2.05) is 19.1 Å². The molecule has 1 fully saturated rings. The van der Waals surface area contributed by atoms with Crippen LogP contribution in [0.4, 0.5) is 5.69 Å². The molecule has 2 N–H and O–H groups in total. The van der Waals surface area contributed by atoms with E-state index >= 15 is 0 Å². The molecule has 6 heteroatoms. The first-order valence-electron chi connectivity index (χ1n) is 7.43. The summed E-state index contributed by atoms with van der Waals surface area (Å²) in [5.74, 6) is 0.0665. The Morgan fingerprint density at radius 2 is 1.91 bits per heavy atom. The number of hydrazone groups is 1. The highest BCUT2D eigenvalue weighted by molar-refractivity contribution is 6.03. The maximum atomic E-state index is 11.9. The van der Waals surface area contributed by atoms with Gasteiger partial charge in [-0.2, -0.15) is 5.10 Å². The van der Waals surface area contributed by atoms with Crippen molar-refractivity contribution in [3.63, 3.8) is 0 Å². The molecular formula is C17H17N3O3. The van der Waals surface area contributed by atoms with Gasteiger partial charge in [0.25, 0.3) is 5.91 Å². The molecule has 0 bridgehead atoms. The van der Waals surface area contributed by atoms with Crippen molar-refractivity contribution >= 4 is 23.2 Å². The molecule has 1 aliphatic carbocycles. The van der Waals surface area contributed by atoms with Crippen LogP contribution in [-0.2, 0) is 4.79 Å². The van der Waals surface area contributed by atoms with Gasteiger partial charge >= 0.3 is 0 Å². The summed E-state index contributed by atoms with van der Waals surface area (Å²) in [7, 11) is 0. The van der Waals surface area contributed by atoms with Gasteiger partial charge in [0, 0.05) is 11.6 Å². The third-order valence-electron chi connectivity index (χ3n) is 3.59. The molecule has 0 aliphatic heterocycles. The van der Waals surface area contributed by atoms with Crippen molar-refractivity contribution in [2.24, 2.45) is 11.0 Å². The molecular weight excluding hydrogens is 294 g/mol. The van der Waals surface area contributed by atoms with Crippen LogP contribution in [0, 0.1) is 5.92 Å². The van der Waals surface area contributed by atoms with E-state index < -0.39 is 0 Å². The SMILES string of the molecule is C/C(=N\NC(=O)C1CC1)c1ccc(NC(=O)c2ccco2)cc1. The zero-order chi connectivity index (χ0) is 16.2. The van der Waals surface area contributed by atoms with Gasteiger partial charge in [-0.25, -0.2) is 5.43 Å². The monoisotopic (exact) mass is 311 g/mol. The maximum Gasteiger partial charge on any atom is 0.291 e. The average Bonchev–Trinajstić information content (AvgIpc) is 3.27. The molecule has 0 atom stereocenters. The summed E-state index contributed by atoms with van der Waals surface area (Å²) in [6, 6.07) is 10.5. The number of amides is 2. The minimum absolute atomic E-state index is 0.0216. The van der Waals surface area contributed by atoms with Crippen molar-refractivity contribution in [2.45, 2.75) is 19.8 Å². The van der Waals surface area contributed by atoms with Crippen LogP contribution in [0.3, 0.4) is 0 Å². The largest absolute Gasteiger partial charge is 0.459 e. The average molecular weight is 311 g/mol. The van der Waals surface area contributed by atoms with Gasteiger partial charge < -0.3 is 9.73 Å². The number of anilines is 1. The smallest absolute Gasteiger partial charge is 0.291 e. The summed E-state index contributed by atoms with van der Waals surface area (Å²) < 4.78 is 5.04. The van der Waals surface area contributed by atoms with E-state index in [0.717, 1.165) is 18.4 Å². The minimum atomic E-state index is -0.301. The van der Waals surface area contributed by atoms with Gasteiger partial charge in [-0.15, -0.1) is 0 Å². The number of rotatable bonds is 5. The van der Waals surface area contributed by atoms with E-state index in [1.165, 1.54) is 6.26 Å². The van der Waals surface area contributed by atoms with Crippen molar-refractivity contribution in [1.82, 2.24) is 5.43 Å². The molecule has 0 unspecified atom stereocenters. The standard InChI is InChI=1S/C17H17N3O3/c1-11(19-20-16(21)13-4-5-13)12-6-8-14(9-7-12)18-17(22)15-3-2-10-23-15/h2-3,6-10,13H,4-5H2,1H3,(H,18,22)(H,20,21)/b19-11+. The molecule has 3 rings (SSSR count). The molecule has 118 valence electrons. The van der Waals surface area contributed by atoms with Crippen molar-refractivity contribution in [3.8, 4) is 0 Å². The number of benzene rings is 1. The summed E-state index contributed by atoms with van der Waals surface area (Å²) in [5, 5.41) is 6.84. The number of hydrogen-bond donors (Lipinski definition) is 2. The fourth-order valence-electron chi connectivity index (χ4n) is 2.04. The number of nitrogens with one attached hydrogen (secondary N) is 2. The van der Waals surface area contributed by atoms with Crippen LogP contribution in [0.15, 0.2) is 52.2 Å². The molecule has 1 aromatic heterocycles. The van der Waals surface area contributed by atoms with Crippen LogP contribution in [-0.4, -0.2) is 17.5 Å². The third-order valence-corrected chi connectivity index (χ3v) is 3.59. The summed E-state index contributed by atoms with van der Waals surface area (Å²) in [6.07, 6.45) is 3.35. The second-order valence-electron chi connectivity index (χ2n) is 5.46. The molecule has 0 saturated heterocycles. The van der Waals surface area contributed by atoms with Gasteiger partial charge in [0.1, 0.15) is 0 Å². The summed E-state index contributed by atoms with van der Waals surface area (Å²) in [5.41, 5.74) is 4.82. The lowest BCUT2D eigenvalue weighted by Crippen LogP contribution is -2.20. The Labute approximate surface area is 133 Å². The zero-order valence-electron chi connectivity index (χ0n) is 12.7. The van der Waals surface area contributed by atoms with Crippen molar-refractivity contribution in [1.29, 1.82) is 0 Å². The summed E-state index contributed by atoms with van der Waals surface area (Å²) in [4.78, 5) is 23.4. The predicted molar refractivity (Wildman–Crippen MR) is 86.2 cm³/mol. The Bertz CT molecular complexity index is 729. The quantitative estimate of drug-likeness (QED) is 0.658. The van der Waals surface area contributed by atoms with Gasteiger partial charge in [0.2, 0.25) is 5.91 Å². The van der Waals surface area contributed by atoms with Gasteiger partial charge in [-0.1, -0.05) is 12.1 Å². The zero-order valence-corrected chi connectivity index (χ0v) is 12.7. The fraction of sp³-hybridized carbons (Fsp3) is 0.235. The number of furan rings is 1. The molecule has 1 heterocycles. The lowest BCUT2D eigenvalue weighted by Gasteiger charge is -2.06. The Morgan fingerprint density at radius 3 is 2.52 bits per heavy atom. The fourth-order valence-corrected chi connectivity index (χ4v) is 2.04. The van der Waals surface area contributed by atoms with E-state index in [4.69, 9.17) is 4.42 Å². The first-order chi connectivity index (χ1) is 11.1. The van der Waals surface area contributed by atoms with Gasteiger partial charge in [-0.3, -0.25) is 9.59 Å². The topological polar surface area (TPSA) is 83.7 Å². The van der Waals surface area contributed by atoms with Crippen LogP contribution >= 0.6 is 0 Å².